The zero-order valence-electron chi connectivity index (χ0n) is 22.2. The summed E-state index contributed by atoms with van der Waals surface area (Å²) in [5.41, 5.74) is 1.38. The number of esters is 1. The van der Waals surface area contributed by atoms with Crippen LogP contribution in [0.25, 0.3) is 6.08 Å². The number of ether oxygens (including phenoxy) is 2. The molecule has 0 saturated carbocycles. The van der Waals surface area contributed by atoms with Crippen LogP contribution in [-0.2, 0) is 9.53 Å². The van der Waals surface area contributed by atoms with Crippen LogP contribution in [0, 0.1) is 0 Å². The number of methoxy groups -OCH3 is 1. The summed E-state index contributed by atoms with van der Waals surface area (Å²) >= 11 is 6.33. The van der Waals surface area contributed by atoms with Crippen molar-refractivity contribution in [1.82, 2.24) is 4.57 Å². The van der Waals surface area contributed by atoms with E-state index in [0.29, 0.717) is 49.2 Å². The maximum absolute atomic E-state index is 14.0. The van der Waals surface area contributed by atoms with Crippen LogP contribution in [0.3, 0.4) is 0 Å². The van der Waals surface area contributed by atoms with Crippen molar-refractivity contribution in [3.05, 3.63) is 107 Å². The van der Waals surface area contributed by atoms with Gasteiger partial charge in [0.05, 0.1) is 34.0 Å². The molecule has 1 aliphatic rings. The number of carbonyl (C=O) groups is 1. The Labute approximate surface area is 248 Å². The van der Waals surface area contributed by atoms with Gasteiger partial charge in [-0.3, -0.25) is 9.36 Å². The first-order valence-corrected chi connectivity index (χ1v) is 15.2. The Balaban J connectivity index is 1.67. The molecule has 5 rings (SSSR count). The number of carbonyl (C=O) groups excluding carboxylic acids is 1. The highest BCUT2D eigenvalue weighted by atomic mass is 79.9. The third-order valence-electron chi connectivity index (χ3n) is 6.23. The number of aromatic nitrogens is 1. The predicted molar refractivity (Wildman–Crippen MR) is 160 cm³/mol. The van der Waals surface area contributed by atoms with Crippen LogP contribution in [0.4, 0.5) is 0 Å². The molecule has 0 saturated heterocycles. The molecular weight excluding hydrogens is 612 g/mol. The minimum absolute atomic E-state index is 0.210. The highest BCUT2D eigenvalue weighted by Gasteiger charge is 2.35. The van der Waals surface area contributed by atoms with Gasteiger partial charge in [-0.25, -0.2) is 9.79 Å². The van der Waals surface area contributed by atoms with E-state index in [0.717, 1.165) is 15.8 Å². The topological polar surface area (TPSA) is 83.0 Å². The average Bonchev–Trinajstić information content (AvgIpc) is 3.46. The van der Waals surface area contributed by atoms with Crippen molar-refractivity contribution >= 4 is 51.1 Å². The number of hydrogen-bond donors (Lipinski definition) is 0. The van der Waals surface area contributed by atoms with Gasteiger partial charge in [0.1, 0.15) is 17.6 Å². The van der Waals surface area contributed by atoms with E-state index < -0.39 is 12.0 Å². The average molecular weight is 640 g/mol. The quantitative estimate of drug-likeness (QED) is 0.206. The molecule has 0 radical (unpaired) electrons. The largest absolute Gasteiger partial charge is 0.496 e. The van der Waals surface area contributed by atoms with Gasteiger partial charge in [-0.2, -0.15) is 0 Å². The van der Waals surface area contributed by atoms with Crippen molar-refractivity contribution in [1.29, 1.82) is 0 Å². The number of hydrogen-bond acceptors (Lipinski definition) is 8. The van der Waals surface area contributed by atoms with Crippen molar-refractivity contribution in [3.63, 3.8) is 0 Å². The molecule has 0 aliphatic carbocycles. The molecule has 0 bridgehead atoms. The van der Waals surface area contributed by atoms with Gasteiger partial charge in [0.15, 0.2) is 9.89 Å². The third-order valence-corrected chi connectivity index (χ3v) is 9.06. The van der Waals surface area contributed by atoms with E-state index in [1.54, 1.807) is 24.7 Å². The first-order valence-electron chi connectivity index (χ1n) is 12.8. The van der Waals surface area contributed by atoms with Crippen LogP contribution in [0.2, 0.25) is 0 Å². The second-order valence-electron chi connectivity index (χ2n) is 8.85. The van der Waals surface area contributed by atoms with Gasteiger partial charge in [0.2, 0.25) is 0 Å². The number of benzene rings is 2. The highest BCUT2D eigenvalue weighted by molar-refractivity contribution is 9.10. The first-order chi connectivity index (χ1) is 19.4. The molecular formula is C30H27BrN2O5S2. The Hall–Kier alpha value is -3.34. The van der Waals surface area contributed by atoms with Crippen molar-refractivity contribution in [2.45, 2.75) is 42.7 Å². The molecule has 40 heavy (non-hydrogen) atoms. The lowest BCUT2D eigenvalue weighted by Crippen LogP contribution is -2.40. The summed E-state index contributed by atoms with van der Waals surface area (Å²) in [6.07, 6.45) is 3.06. The summed E-state index contributed by atoms with van der Waals surface area (Å²) in [4.78, 5) is 33.7. The molecule has 0 unspecified atom stereocenters. The zero-order chi connectivity index (χ0) is 28.2. The van der Waals surface area contributed by atoms with E-state index in [1.807, 2.05) is 67.6 Å². The van der Waals surface area contributed by atoms with Crippen LogP contribution in [-0.4, -0.2) is 24.3 Å². The van der Waals surface area contributed by atoms with E-state index in [4.69, 9.17) is 18.9 Å². The zero-order valence-corrected chi connectivity index (χ0v) is 25.4. The van der Waals surface area contributed by atoms with E-state index in [-0.39, 0.29) is 12.2 Å². The number of allylic oxidation sites excluding steroid dienone is 1. The second kappa shape index (κ2) is 12.4. The molecule has 3 heterocycles. The van der Waals surface area contributed by atoms with E-state index >= 15 is 0 Å². The number of para-hydroxylation sites is 1. The number of nitrogens with zero attached hydrogens (tertiary/aromatic N) is 2. The molecule has 7 nitrogen and oxygen atoms in total. The fourth-order valence-corrected chi connectivity index (χ4v) is 6.89. The number of thiazole rings is 1. The summed E-state index contributed by atoms with van der Waals surface area (Å²) in [7, 11) is 1.57. The maximum Gasteiger partial charge on any atom is 0.338 e. The minimum atomic E-state index is -0.748. The highest BCUT2D eigenvalue weighted by Crippen LogP contribution is 2.38. The van der Waals surface area contributed by atoms with Crippen molar-refractivity contribution in [2.75, 3.05) is 13.7 Å². The van der Waals surface area contributed by atoms with E-state index in [9.17, 15) is 9.59 Å². The summed E-state index contributed by atoms with van der Waals surface area (Å²) in [5, 5.41) is 0.687. The lowest BCUT2D eigenvalue weighted by molar-refractivity contribution is -0.139. The monoisotopic (exact) mass is 638 g/mol. The van der Waals surface area contributed by atoms with Crippen LogP contribution >= 0.6 is 39.0 Å². The number of halogens is 1. The van der Waals surface area contributed by atoms with E-state index in [1.165, 1.54) is 23.1 Å². The van der Waals surface area contributed by atoms with Crippen molar-refractivity contribution in [2.24, 2.45) is 4.99 Å². The van der Waals surface area contributed by atoms with Crippen LogP contribution in [0.1, 0.15) is 44.1 Å². The summed E-state index contributed by atoms with van der Waals surface area (Å²) < 4.78 is 20.0. The lowest BCUT2D eigenvalue weighted by Gasteiger charge is -2.26. The van der Waals surface area contributed by atoms with Crippen LogP contribution < -0.4 is 19.6 Å². The molecule has 0 N–H and O–H groups in total. The van der Waals surface area contributed by atoms with Gasteiger partial charge in [0, 0.05) is 16.5 Å². The van der Waals surface area contributed by atoms with Crippen LogP contribution in [0.15, 0.2) is 101 Å². The third kappa shape index (κ3) is 5.61. The fraction of sp³-hybridized carbons (Fsp3) is 0.233. The molecule has 206 valence electrons. The molecule has 0 spiro atoms. The van der Waals surface area contributed by atoms with Crippen molar-refractivity contribution < 1.29 is 18.7 Å². The maximum atomic E-state index is 14.0. The van der Waals surface area contributed by atoms with Crippen molar-refractivity contribution in [3.8, 4) is 5.75 Å². The Bertz CT molecular complexity index is 1750. The normalized spacial score (nSPS) is 15.1. The van der Waals surface area contributed by atoms with Gasteiger partial charge >= 0.3 is 5.97 Å². The molecule has 0 amide bonds. The summed E-state index contributed by atoms with van der Waals surface area (Å²) in [6.45, 7) is 4.00. The molecule has 2 aromatic carbocycles. The standard InChI is InChI=1S/C30H27BrN2O5S2/c1-4-11-22-25(28(35)37-5-2)26(20-14-9-10-15-23(20)36-3)33-27(34)24(40-30(33)32-22)17-18-16-21(31)29(38-18)39-19-12-7-6-8-13-19/h6-10,12-17,26H,4-5,11H2,1-3H3/b24-17+/t26-/m1/s1. The predicted octanol–water partition coefficient (Wildman–Crippen LogP) is 6.09. The van der Waals surface area contributed by atoms with Gasteiger partial charge in [-0.15, -0.1) is 0 Å². The molecule has 2 aromatic heterocycles. The number of furan rings is 1. The van der Waals surface area contributed by atoms with Gasteiger partial charge in [-0.1, -0.05) is 72.8 Å². The van der Waals surface area contributed by atoms with Gasteiger partial charge in [-0.05, 0) is 53.5 Å². The Morgan fingerprint density at radius 3 is 2.65 bits per heavy atom. The molecule has 4 aromatic rings. The van der Waals surface area contributed by atoms with Gasteiger partial charge < -0.3 is 13.9 Å². The second-order valence-corrected chi connectivity index (χ2v) is 11.8. The van der Waals surface area contributed by atoms with E-state index in [2.05, 4.69) is 15.9 Å². The Morgan fingerprint density at radius 2 is 1.93 bits per heavy atom. The number of fused-ring (bicyclic) bond motifs is 1. The molecule has 1 atom stereocenters. The Kier molecular flexibility index (Phi) is 8.78. The van der Waals surface area contributed by atoms with Gasteiger partial charge in [0.25, 0.3) is 5.56 Å². The molecule has 1 aliphatic heterocycles. The lowest BCUT2D eigenvalue weighted by atomic mass is 9.93. The smallest absolute Gasteiger partial charge is 0.338 e. The minimum Gasteiger partial charge on any atom is -0.496 e. The Morgan fingerprint density at radius 1 is 1.18 bits per heavy atom. The molecule has 0 fully saturated rings. The van der Waals surface area contributed by atoms with Crippen LogP contribution in [0.5, 0.6) is 5.75 Å². The summed E-state index contributed by atoms with van der Waals surface area (Å²) in [6, 6.07) is 18.4. The number of rotatable bonds is 9. The fourth-order valence-electron chi connectivity index (χ4n) is 4.54. The SMILES string of the molecule is CCCC1=C(C(=O)OCC)[C@@H](c2ccccc2OC)n2c(s/c(=C/c3cc(Br)c(Sc4ccccc4)o3)c2=O)=N1. The molecule has 10 heteroatoms. The summed E-state index contributed by atoms with van der Waals surface area (Å²) in [5.74, 6) is 0.611. The first kappa shape index (κ1) is 28.2.